The van der Waals surface area contributed by atoms with Crippen LogP contribution >= 0.6 is 11.6 Å². The predicted octanol–water partition coefficient (Wildman–Crippen LogP) is 5.00. The van der Waals surface area contributed by atoms with Crippen LogP contribution in [-0.4, -0.2) is 12.6 Å². The molecule has 1 aliphatic heterocycles. The molecule has 1 saturated heterocycles. The molecule has 112 valence electrons. The maximum Gasteiger partial charge on any atom is 0.145 e. The van der Waals surface area contributed by atoms with Gasteiger partial charge in [0.2, 0.25) is 0 Å². The first kappa shape index (κ1) is 15.8. The van der Waals surface area contributed by atoms with Crippen LogP contribution in [0, 0.1) is 17.2 Å². The molecule has 1 nitrogen and oxygen atoms in total. The topological polar surface area (TPSA) is 12.0 Å². The van der Waals surface area contributed by atoms with E-state index in [2.05, 4.69) is 33.0 Å². The maximum atomic E-state index is 14.1. The molecule has 20 heavy (non-hydrogen) atoms. The smallest absolute Gasteiger partial charge is 0.145 e. The van der Waals surface area contributed by atoms with Crippen LogP contribution in [0.4, 0.5) is 4.39 Å². The van der Waals surface area contributed by atoms with Crippen LogP contribution in [0.5, 0.6) is 0 Å². The summed E-state index contributed by atoms with van der Waals surface area (Å²) in [6.07, 6.45) is 2.12. The molecule has 1 aromatic rings. The van der Waals surface area contributed by atoms with Gasteiger partial charge in [0.1, 0.15) is 5.82 Å². The zero-order valence-electron chi connectivity index (χ0n) is 12.8. The predicted molar refractivity (Wildman–Crippen MR) is 83.8 cm³/mol. The Balaban J connectivity index is 2.04. The molecule has 1 N–H and O–H groups in total. The van der Waals surface area contributed by atoms with Crippen molar-refractivity contribution in [3.05, 3.63) is 34.6 Å². The first-order valence-electron chi connectivity index (χ1n) is 7.48. The zero-order chi connectivity index (χ0) is 14.9. The van der Waals surface area contributed by atoms with Crippen LogP contribution in [-0.2, 0) is 0 Å². The normalized spacial score (nSPS) is 23.6. The van der Waals surface area contributed by atoms with Crippen molar-refractivity contribution in [1.82, 2.24) is 5.32 Å². The van der Waals surface area contributed by atoms with Crippen LogP contribution in [0.2, 0.25) is 5.02 Å². The van der Waals surface area contributed by atoms with E-state index in [0.717, 1.165) is 24.9 Å². The number of rotatable bonds is 4. The van der Waals surface area contributed by atoms with Gasteiger partial charge in [0, 0.05) is 18.5 Å². The van der Waals surface area contributed by atoms with Crippen LogP contribution in [0.15, 0.2) is 18.2 Å². The van der Waals surface area contributed by atoms with Crippen molar-refractivity contribution in [2.45, 2.75) is 52.5 Å². The lowest BCUT2D eigenvalue weighted by Gasteiger charge is -2.32. The number of hydrogen-bond acceptors (Lipinski definition) is 1. The summed E-state index contributed by atoms with van der Waals surface area (Å²) < 4.78 is 14.1. The highest BCUT2D eigenvalue weighted by atomic mass is 35.5. The molecule has 2 atom stereocenters. The summed E-state index contributed by atoms with van der Waals surface area (Å²) in [5.41, 5.74) is 1.06. The molecular weight excluding hydrogens is 273 g/mol. The van der Waals surface area contributed by atoms with Gasteiger partial charge in [-0.15, -0.1) is 0 Å². The van der Waals surface area contributed by atoms with Gasteiger partial charge < -0.3 is 5.32 Å². The van der Waals surface area contributed by atoms with Gasteiger partial charge in [-0.05, 0) is 35.8 Å². The van der Waals surface area contributed by atoms with Crippen molar-refractivity contribution >= 4 is 11.6 Å². The molecule has 0 aromatic heterocycles. The third kappa shape index (κ3) is 3.35. The van der Waals surface area contributed by atoms with Gasteiger partial charge in [-0.3, -0.25) is 0 Å². The van der Waals surface area contributed by atoms with E-state index in [1.807, 2.05) is 12.1 Å². The van der Waals surface area contributed by atoms with E-state index in [9.17, 15) is 4.39 Å². The fourth-order valence-corrected chi connectivity index (χ4v) is 3.10. The third-order valence-corrected chi connectivity index (χ3v) is 5.27. The lowest BCUT2D eigenvalue weighted by Crippen LogP contribution is -2.31. The molecular formula is C17H25ClFN. The summed E-state index contributed by atoms with van der Waals surface area (Å²) in [5.74, 6) is 0.637. The van der Waals surface area contributed by atoms with E-state index in [-0.39, 0.29) is 16.8 Å². The number of hydrogen-bond donors (Lipinski definition) is 1. The monoisotopic (exact) mass is 297 g/mol. The average molecular weight is 298 g/mol. The summed E-state index contributed by atoms with van der Waals surface area (Å²) in [5, 5.41) is 3.78. The van der Waals surface area contributed by atoms with Crippen molar-refractivity contribution < 1.29 is 4.39 Å². The highest BCUT2D eigenvalue weighted by molar-refractivity contribution is 6.30. The molecule has 2 rings (SSSR count). The van der Waals surface area contributed by atoms with Crippen molar-refractivity contribution in [3.63, 3.8) is 0 Å². The summed E-state index contributed by atoms with van der Waals surface area (Å²) in [6, 6.07) is 5.79. The van der Waals surface area contributed by atoms with Crippen LogP contribution in [0.25, 0.3) is 0 Å². The minimum atomic E-state index is -0.246. The Morgan fingerprint density at radius 2 is 2.10 bits per heavy atom. The van der Waals surface area contributed by atoms with Gasteiger partial charge in [0.05, 0.1) is 5.02 Å². The van der Waals surface area contributed by atoms with Crippen LogP contribution < -0.4 is 5.32 Å². The summed E-state index contributed by atoms with van der Waals surface area (Å²) in [6.45, 7) is 10.0. The Labute approximate surface area is 126 Å². The van der Waals surface area contributed by atoms with Crippen molar-refractivity contribution in [1.29, 1.82) is 0 Å². The second-order valence-corrected chi connectivity index (χ2v) is 7.44. The molecule has 0 aliphatic carbocycles. The molecule has 0 amide bonds. The molecule has 0 spiro atoms. The Bertz CT molecular complexity index is 470. The lowest BCUT2D eigenvalue weighted by molar-refractivity contribution is 0.204. The molecule has 0 radical (unpaired) electrons. The SMILES string of the molecule is CC(C)C(C)(C)CC1CC(c2cccc(Cl)c2F)CN1. The number of nitrogens with one attached hydrogen (secondary N) is 1. The van der Waals surface area contributed by atoms with E-state index in [1.165, 1.54) is 0 Å². The third-order valence-electron chi connectivity index (χ3n) is 4.98. The van der Waals surface area contributed by atoms with E-state index >= 15 is 0 Å². The summed E-state index contributed by atoms with van der Waals surface area (Å²) in [4.78, 5) is 0. The van der Waals surface area contributed by atoms with Gasteiger partial charge in [0.15, 0.2) is 0 Å². The molecule has 1 heterocycles. The minimum absolute atomic E-state index is 0.230. The molecule has 1 aliphatic rings. The van der Waals surface area contributed by atoms with Gasteiger partial charge in [-0.25, -0.2) is 4.39 Å². The molecule has 0 saturated carbocycles. The molecule has 0 bridgehead atoms. The number of benzene rings is 1. The quantitative estimate of drug-likeness (QED) is 0.825. The molecule has 2 unspecified atom stereocenters. The Morgan fingerprint density at radius 1 is 1.40 bits per heavy atom. The lowest BCUT2D eigenvalue weighted by atomic mass is 9.75. The van der Waals surface area contributed by atoms with Crippen LogP contribution in [0.1, 0.15) is 52.0 Å². The van der Waals surface area contributed by atoms with Crippen LogP contribution in [0.3, 0.4) is 0 Å². The van der Waals surface area contributed by atoms with E-state index in [1.54, 1.807) is 6.07 Å². The van der Waals surface area contributed by atoms with Gasteiger partial charge in [0.25, 0.3) is 0 Å². The standard InChI is InChI=1S/C17H25ClFN/c1-11(2)17(3,4)9-13-8-12(10-20-13)14-6-5-7-15(18)16(14)19/h5-7,11-13,20H,8-10H2,1-4H3. The van der Waals surface area contributed by atoms with Crippen molar-refractivity contribution in [2.75, 3.05) is 6.54 Å². The molecule has 3 heteroatoms. The van der Waals surface area contributed by atoms with Gasteiger partial charge in [-0.1, -0.05) is 51.4 Å². The van der Waals surface area contributed by atoms with E-state index < -0.39 is 0 Å². The summed E-state index contributed by atoms with van der Waals surface area (Å²) >= 11 is 5.88. The zero-order valence-corrected chi connectivity index (χ0v) is 13.6. The second-order valence-electron chi connectivity index (χ2n) is 7.03. The van der Waals surface area contributed by atoms with E-state index in [0.29, 0.717) is 17.4 Å². The van der Waals surface area contributed by atoms with E-state index in [4.69, 9.17) is 11.6 Å². The Morgan fingerprint density at radius 3 is 2.75 bits per heavy atom. The van der Waals surface area contributed by atoms with Crippen molar-refractivity contribution in [3.8, 4) is 0 Å². The maximum absolute atomic E-state index is 14.1. The Hall–Kier alpha value is -0.600. The highest BCUT2D eigenvalue weighted by Gasteiger charge is 2.33. The number of halogens is 2. The molecule has 1 aromatic carbocycles. The highest BCUT2D eigenvalue weighted by Crippen LogP contribution is 2.37. The Kier molecular flexibility index (Phi) is 4.76. The molecule has 1 fully saturated rings. The fourth-order valence-electron chi connectivity index (χ4n) is 2.92. The fraction of sp³-hybridized carbons (Fsp3) is 0.647. The van der Waals surface area contributed by atoms with Gasteiger partial charge >= 0.3 is 0 Å². The average Bonchev–Trinajstić information content (AvgIpc) is 2.80. The largest absolute Gasteiger partial charge is 0.313 e. The minimum Gasteiger partial charge on any atom is -0.313 e. The van der Waals surface area contributed by atoms with Gasteiger partial charge in [-0.2, -0.15) is 0 Å². The summed E-state index contributed by atoms with van der Waals surface area (Å²) in [7, 11) is 0. The first-order valence-corrected chi connectivity index (χ1v) is 7.86. The second kappa shape index (κ2) is 6.03. The van der Waals surface area contributed by atoms with Crippen molar-refractivity contribution in [2.24, 2.45) is 11.3 Å². The first-order chi connectivity index (χ1) is 9.31.